The summed E-state index contributed by atoms with van der Waals surface area (Å²) in [5.41, 5.74) is 1.01. The van der Waals surface area contributed by atoms with Crippen molar-refractivity contribution in [3.63, 3.8) is 0 Å². The quantitative estimate of drug-likeness (QED) is 0.486. The maximum Gasteiger partial charge on any atom is 0.133 e. The van der Waals surface area contributed by atoms with Gasteiger partial charge in [0.1, 0.15) is 30.0 Å². The second-order valence-electron chi connectivity index (χ2n) is 6.41. The first-order chi connectivity index (χ1) is 13.6. The fourth-order valence-corrected chi connectivity index (χ4v) is 3.29. The molecule has 1 aromatic heterocycles. The van der Waals surface area contributed by atoms with E-state index in [4.69, 9.17) is 9.47 Å². The fraction of sp³-hybridized carbons (Fsp3) is 0.286. The van der Waals surface area contributed by atoms with E-state index in [1.54, 1.807) is 13.3 Å². The number of ether oxygens (including phenoxy) is 2. The molecule has 0 bridgehead atoms. The van der Waals surface area contributed by atoms with Crippen LogP contribution in [0.3, 0.4) is 0 Å². The third-order valence-electron chi connectivity index (χ3n) is 4.37. The monoisotopic (exact) mass is 481 g/mol. The highest BCUT2D eigenvalue weighted by molar-refractivity contribution is 9.10. The molecule has 2 unspecified atom stereocenters. The van der Waals surface area contributed by atoms with Crippen LogP contribution in [0.5, 0.6) is 11.5 Å². The average Bonchev–Trinajstić information content (AvgIpc) is 3.13. The van der Waals surface area contributed by atoms with Crippen LogP contribution in [0.1, 0.15) is 17.4 Å². The molecule has 2 N–H and O–H groups in total. The van der Waals surface area contributed by atoms with Gasteiger partial charge >= 0.3 is 0 Å². The van der Waals surface area contributed by atoms with Gasteiger partial charge in [-0.2, -0.15) is 0 Å². The number of aromatic nitrogens is 2. The summed E-state index contributed by atoms with van der Waals surface area (Å²) in [6, 6.07) is 15.2. The molecule has 0 spiro atoms. The maximum absolute atomic E-state index is 10.4. The van der Waals surface area contributed by atoms with Crippen molar-refractivity contribution in [2.75, 3.05) is 20.3 Å². The van der Waals surface area contributed by atoms with Crippen LogP contribution in [0.15, 0.2) is 65.4 Å². The van der Waals surface area contributed by atoms with E-state index >= 15 is 0 Å². The van der Waals surface area contributed by atoms with E-state index in [2.05, 4.69) is 26.2 Å². The lowest BCUT2D eigenvalue weighted by atomic mass is 10.1. The van der Waals surface area contributed by atoms with E-state index in [9.17, 15) is 5.11 Å². The molecule has 0 aliphatic carbocycles. The Morgan fingerprint density at radius 3 is 2.69 bits per heavy atom. The van der Waals surface area contributed by atoms with Crippen molar-refractivity contribution in [3.8, 4) is 11.5 Å². The van der Waals surface area contributed by atoms with Gasteiger partial charge in [-0.1, -0.05) is 24.3 Å². The van der Waals surface area contributed by atoms with Crippen molar-refractivity contribution < 1.29 is 14.6 Å². The lowest BCUT2D eigenvalue weighted by molar-refractivity contribution is 0.104. The van der Waals surface area contributed by atoms with Crippen molar-refractivity contribution in [1.29, 1.82) is 0 Å². The second-order valence-corrected chi connectivity index (χ2v) is 7.26. The van der Waals surface area contributed by atoms with Gasteiger partial charge in [0.25, 0.3) is 0 Å². The molecule has 0 aliphatic heterocycles. The minimum absolute atomic E-state index is 0. The Balaban J connectivity index is 0.00000300. The highest BCUT2D eigenvalue weighted by Gasteiger charge is 2.20. The number of aryl methyl sites for hydroxylation is 1. The third kappa shape index (κ3) is 6.21. The van der Waals surface area contributed by atoms with Crippen molar-refractivity contribution in [2.24, 2.45) is 7.05 Å². The van der Waals surface area contributed by atoms with Crippen molar-refractivity contribution in [2.45, 2.75) is 12.1 Å². The second kappa shape index (κ2) is 11.2. The van der Waals surface area contributed by atoms with E-state index < -0.39 is 6.10 Å². The van der Waals surface area contributed by atoms with Crippen LogP contribution < -0.4 is 14.8 Å². The summed E-state index contributed by atoms with van der Waals surface area (Å²) >= 11 is 3.44. The Morgan fingerprint density at radius 1 is 1.21 bits per heavy atom. The molecular formula is C21H25BrClN3O3. The Hall–Kier alpha value is -2.06. The molecule has 0 saturated carbocycles. The van der Waals surface area contributed by atoms with Gasteiger partial charge < -0.3 is 24.5 Å². The number of para-hydroxylation sites is 1. The van der Waals surface area contributed by atoms with Gasteiger partial charge in [-0.05, 0) is 45.8 Å². The lowest BCUT2D eigenvalue weighted by Crippen LogP contribution is -2.35. The number of methoxy groups -OCH3 is 1. The number of benzene rings is 2. The van der Waals surface area contributed by atoms with Crippen molar-refractivity contribution in [1.82, 2.24) is 14.9 Å². The zero-order valence-corrected chi connectivity index (χ0v) is 18.7. The number of hydrogen-bond donors (Lipinski definition) is 2. The van der Waals surface area contributed by atoms with Crippen LogP contribution in [0, 0.1) is 0 Å². The molecule has 3 rings (SSSR count). The maximum atomic E-state index is 10.4. The van der Waals surface area contributed by atoms with Gasteiger partial charge in [-0.15, -0.1) is 12.4 Å². The number of aliphatic hydroxyl groups excluding tert-OH is 1. The fourth-order valence-electron chi connectivity index (χ4n) is 2.90. The molecular weight excluding hydrogens is 458 g/mol. The molecule has 6 nitrogen and oxygen atoms in total. The number of rotatable bonds is 9. The first kappa shape index (κ1) is 23.2. The molecule has 0 fully saturated rings. The first-order valence-electron chi connectivity index (χ1n) is 8.98. The molecule has 156 valence electrons. The van der Waals surface area contributed by atoms with Gasteiger partial charge in [0.2, 0.25) is 0 Å². The van der Waals surface area contributed by atoms with Gasteiger partial charge in [0.05, 0.1) is 17.6 Å². The summed E-state index contributed by atoms with van der Waals surface area (Å²) in [6.45, 7) is 0.528. The molecule has 0 radical (unpaired) electrons. The van der Waals surface area contributed by atoms with Gasteiger partial charge in [-0.25, -0.2) is 4.98 Å². The van der Waals surface area contributed by atoms with Gasteiger partial charge in [-0.3, -0.25) is 0 Å². The van der Waals surface area contributed by atoms with Crippen LogP contribution >= 0.6 is 28.3 Å². The Morgan fingerprint density at radius 2 is 2.00 bits per heavy atom. The molecule has 3 aromatic rings. The molecule has 29 heavy (non-hydrogen) atoms. The summed E-state index contributed by atoms with van der Waals surface area (Å²) < 4.78 is 13.9. The van der Waals surface area contributed by atoms with Crippen LogP contribution in [-0.2, 0) is 7.05 Å². The molecule has 0 amide bonds. The minimum atomic E-state index is -0.680. The normalized spacial score (nSPS) is 12.7. The van der Waals surface area contributed by atoms with Gasteiger partial charge in [0.15, 0.2) is 0 Å². The Labute approximate surface area is 185 Å². The summed E-state index contributed by atoms with van der Waals surface area (Å²) in [6.07, 6.45) is 2.98. The standard InChI is InChI=1S/C21H24BrN3O3.ClH/c1-25-11-10-23-21(25)20(15-6-5-7-17(12-15)27-2)24-13-16(26)14-28-19-9-4-3-8-18(19)22;/h3-12,16,20,24,26H,13-14H2,1-2H3;1H. The lowest BCUT2D eigenvalue weighted by Gasteiger charge is -2.22. The molecule has 0 aliphatic rings. The zero-order valence-electron chi connectivity index (χ0n) is 16.3. The zero-order chi connectivity index (χ0) is 19.9. The smallest absolute Gasteiger partial charge is 0.133 e. The number of imidazole rings is 1. The third-order valence-corrected chi connectivity index (χ3v) is 5.02. The van der Waals surface area contributed by atoms with Crippen molar-refractivity contribution >= 4 is 28.3 Å². The first-order valence-corrected chi connectivity index (χ1v) is 9.77. The number of hydrogen-bond acceptors (Lipinski definition) is 5. The summed E-state index contributed by atoms with van der Waals surface area (Å²) in [5.74, 6) is 2.33. The predicted molar refractivity (Wildman–Crippen MR) is 119 cm³/mol. The summed E-state index contributed by atoms with van der Waals surface area (Å²) in [5, 5.41) is 13.8. The number of halogens is 2. The predicted octanol–water partition coefficient (Wildman–Crippen LogP) is 3.73. The highest BCUT2D eigenvalue weighted by Crippen LogP contribution is 2.25. The average molecular weight is 483 g/mol. The number of aliphatic hydroxyl groups is 1. The van der Waals surface area contributed by atoms with E-state index in [0.29, 0.717) is 12.3 Å². The molecule has 2 atom stereocenters. The van der Waals surface area contributed by atoms with Crippen molar-refractivity contribution in [3.05, 3.63) is 76.8 Å². The van der Waals surface area contributed by atoms with E-state index in [-0.39, 0.29) is 25.1 Å². The van der Waals surface area contributed by atoms with Crippen LogP contribution in [0.2, 0.25) is 0 Å². The SMILES string of the molecule is COc1cccc(C(NCC(O)COc2ccccc2Br)c2nccn2C)c1.Cl. The van der Waals surface area contributed by atoms with E-state index in [1.165, 1.54) is 0 Å². The topological polar surface area (TPSA) is 68.5 Å². The molecule has 1 heterocycles. The highest BCUT2D eigenvalue weighted by atomic mass is 79.9. The minimum Gasteiger partial charge on any atom is -0.497 e. The van der Waals surface area contributed by atoms with Crippen LogP contribution in [0.4, 0.5) is 0 Å². The van der Waals surface area contributed by atoms with Crippen LogP contribution in [0.25, 0.3) is 0 Å². The Kier molecular flexibility index (Phi) is 8.98. The summed E-state index contributed by atoms with van der Waals surface area (Å²) in [7, 11) is 3.59. The molecule has 0 saturated heterocycles. The van der Waals surface area contributed by atoms with E-state index in [1.807, 2.05) is 66.3 Å². The number of nitrogens with one attached hydrogen (secondary N) is 1. The molecule has 8 heteroatoms. The molecule has 2 aromatic carbocycles. The van der Waals surface area contributed by atoms with Gasteiger partial charge in [0, 0.05) is 26.0 Å². The number of nitrogens with zero attached hydrogens (tertiary/aromatic N) is 2. The largest absolute Gasteiger partial charge is 0.497 e. The van der Waals surface area contributed by atoms with E-state index in [0.717, 1.165) is 21.6 Å². The Bertz CT molecular complexity index is 906. The summed E-state index contributed by atoms with van der Waals surface area (Å²) in [4.78, 5) is 4.47. The van der Waals surface area contributed by atoms with Crippen LogP contribution in [-0.4, -0.2) is 41.0 Å².